The molecule has 0 saturated heterocycles. The van der Waals surface area contributed by atoms with Crippen molar-refractivity contribution < 1.29 is 9.90 Å². The maximum absolute atomic E-state index is 13.2. The molecule has 2 aromatic carbocycles. The van der Waals surface area contributed by atoms with Crippen molar-refractivity contribution in [3.63, 3.8) is 0 Å². The average Bonchev–Trinajstić information content (AvgIpc) is 2.78. The molecule has 0 unspecified atom stereocenters. The van der Waals surface area contributed by atoms with E-state index in [1.165, 1.54) is 11.8 Å². The van der Waals surface area contributed by atoms with Gasteiger partial charge >= 0.3 is 0 Å². The lowest BCUT2D eigenvalue weighted by atomic mass is 9.76. The first-order valence-electron chi connectivity index (χ1n) is 10.3. The molecular weight excluding hydrogens is 446 g/mol. The van der Waals surface area contributed by atoms with E-state index in [0.717, 1.165) is 29.7 Å². The van der Waals surface area contributed by atoms with Crippen LogP contribution in [-0.4, -0.2) is 20.9 Å². The van der Waals surface area contributed by atoms with Gasteiger partial charge in [0.1, 0.15) is 11.6 Å². The molecule has 0 saturated carbocycles. The Hall–Kier alpha value is -3.03. The number of nitrogens with zero attached hydrogens (tertiary/aromatic N) is 1. The van der Waals surface area contributed by atoms with E-state index in [9.17, 15) is 14.7 Å². The Morgan fingerprint density at radius 1 is 1.09 bits per heavy atom. The average molecular weight is 466 g/mol. The summed E-state index contributed by atoms with van der Waals surface area (Å²) in [6.45, 7) is 0. The number of aromatic hydroxyl groups is 1. The van der Waals surface area contributed by atoms with Crippen LogP contribution >= 0.6 is 23.4 Å². The summed E-state index contributed by atoms with van der Waals surface area (Å²) < 4.78 is 0. The fraction of sp³-hybridized carbons (Fsp3) is 0.208. The van der Waals surface area contributed by atoms with Crippen LogP contribution < -0.4 is 10.9 Å². The Morgan fingerprint density at radius 2 is 1.88 bits per heavy atom. The zero-order valence-corrected chi connectivity index (χ0v) is 18.6. The smallest absolute Gasteiger partial charge is 0.257 e. The number of aromatic amines is 1. The summed E-state index contributed by atoms with van der Waals surface area (Å²) in [5.41, 5.74) is 3.32. The van der Waals surface area contributed by atoms with Gasteiger partial charge in [-0.15, -0.1) is 0 Å². The molecule has 0 amide bonds. The van der Waals surface area contributed by atoms with E-state index in [1.807, 2.05) is 24.3 Å². The summed E-state index contributed by atoms with van der Waals surface area (Å²) in [5, 5.41) is 14.1. The number of hydrogen-bond acceptors (Lipinski definition) is 6. The molecular formula is C24H20ClN3O3S. The first-order valence-corrected chi connectivity index (χ1v) is 11.7. The number of phenolic OH excluding ortho intramolecular Hbond substituents is 1. The van der Waals surface area contributed by atoms with Gasteiger partial charge in [0.2, 0.25) is 0 Å². The van der Waals surface area contributed by atoms with Crippen LogP contribution in [0.1, 0.15) is 41.9 Å². The Labute approximate surface area is 193 Å². The van der Waals surface area contributed by atoms with Gasteiger partial charge in [-0.25, -0.2) is 4.98 Å². The molecule has 3 N–H and O–H groups in total. The molecule has 0 radical (unpaired) electrons. The van der Waals surface area contributed by atoms with Gasteiger partial charge in [-0.1, -0.05) is 53.7 Å². The highest BCUT2D eigenvalue weighted by Crippen LogP contribution is 2.43. The highest BCUT2D eigenvalue weighted by Gasteiger charge is 2.37. The maximum Gasteiger partial charge on any atom is 0.257 e. The number of rotatable bonds is 4. The number of carbonyl (C=O) groups is 1. The van der Waals surface area contributed by atoms with Crippen LogP contribution in [0, 0.1) is 0 Å². The van der Waals surface area contributed by atoms with E-state index in [2.05, 4.69) is 15.3 Å². The van der Waals surface area contributed by atoms with Crippen LogP contribution in [0.15, 0.2) is 69.8 Å². The predicted molar refractivity (Wildman–Crippen MR) is 125 cm³/mol. The summed E-state index contributed by atoms with van der Waals surface area (Å²) in [6, 6.07) is 14.2. The van der Waals surface area contributed by atoms with Gasteiger partial charge in [0.25, 0.3) is 5.56 Å². The number of ketones is 1. The summed E-state index contributed by atoms with van der Waals surface area (Å²) in [4.78, 5) is 33.7. The van der Waals surface area contributed by atoms with Crippen LogP contribution in [0.4, 0.5) is 5.82 Å². The second-order valence-electron chi connectivity index (χ2n) is 7.83. The minimum atomic E-state index is -0.520. The number of halogens is 1. The monoisotopic (exact) mass is 465 g/mol. The van der Waals surface area contributed by atoms with Crippen LogP contribution in [0.25, 0.3) is 0 Å². The lowest BCUT2D eigenvalue weighted by molar-refractivity contribution is -0.116. The topological polar surface area (TPSA) is 95.1 Å². The van der Waals surface area contributed by atoms with E-state index in [1.54, 1.807) is 24.3 Å². The minimum Gasteiger partial charge on any atom is -0.508 e. The van der Waals surface area contributed by atoms with Crippen molar-refractivity contribution in [1.29, 1.82) is 0 Å². The molecule has 1 aromatic heterocycles. The fourth-order valence-electron chi connectivity index (χ4n) is 4.27. The highest BCUT2D eigenvalue weighted by molar-refractivity contribution is 7.98. The van der Waals surface area contributed by atoms with Gasteiger partial charge in [-0.05, 0) is 42.2 Å². The third-order valence-corrected chi connectivity index (χ3v) is 7.08. The number of H-pyrrole nitrogens is 1. The van der Waals surface area contributed by atoms with Crippen molar-refractivity contribution in [2.75, 3.05) is 5.32 Å². The van der Waals surface area contributed by atoms with Crippen LogP contribution in [-0.2, 0) is 10.5 Å². The quantitative estimate of drug-likeness (QED) is 0.371. The molecule has 8 heteroatoms. The number of allylic oxidation sites excluding steroid dienone is 2. The molecule has 6 nitrogen and oxygen atoms in total. The largest absolute Gasteiger partial charge is 0.508 e. The van der Waals surface area contributed by atoms with Gasteiger partial charge in [0.05, 0.1) is 5.56 Å². The van der Waals surface area contributed by atoms with Crippen LogP contribution in [0.2, 0.25) is 5.02 Å². The lowest BCUT2D eigenvalue weighted by Gasteiger charge is -2.32. The summed E-state index contributed by atoms with van der Waals surface area (Å²) >= 11 is 7.65. The number of fused-ring (bicyclic) bond motifs is 1. The van der Waals surface area contributed by atoms with Gasteiger partial charge in [-0.3, -0.25) is 9.59 Å². The van der Waals surface area contributed by atoms with Crippen molar-refractivity contribution >= 4 is 35.0 Å². The van der Waals surface area contributed by atoms with E-state index >= 15 is 0 Å². The Kier molecular flexibility index (Phi) is 5.53. The molecule has 3 aromatic rings. The lowest BCUT2D eigenvalue weighted by Crippen LogP contribution is -2.32. The van der Waals surface area contributed by atoms with E-state index in [-0.39, 0.29) is 17.1 Å². The van der Waals surface area contributed by atoms with Crippen molar-refractivity contribution in [3.05, 3.63) is 91.9 Å². The normalized spacial score (nSPS) is 17.5. The number of nitrogens with one attached hydrogen (secondary N) is 2. The highest BCUT2D eigenvalue weighted by atomic mass is 35.5. The van der Waals surface area contributed by atoms with E-state index in [4.69, 9.17) is 11.6 Å². The molecule has 0 fully saturated rings. The number of benzene rings is 2. The Bertz CT molecular complexity index is 1300. The fourth-order valence-corrected chi connectivity index (χ4v) is 5.42. The van der Waals surface area contributed by atoms with Crippen LogP contribution in [0.5, 0.6) is 5.75 Å². The molecule has 1 aliphatic heterocycles. The molecule has 0 bridgehead atoms. The van der Waals surface area contributed by atoms with Gasteiger partial charge < -0.3 is 15.4 Å². The number of thioether (sulfide) groups is 1. The van der Waals surface area contributed by atoms with Crippen molar-refractivity contribution in [2.24, 2.45) is 0 Å². The first kappa shape index (κ1) is 20.8. The summed E-state index contributed by atoms with van der Waals surface area (Å²) in [7, 11) is 0. The number of phenols is 1. The van der Waals surface area contributed by atoms with E-state index in [0.29, 0.717) is 39.3 Å². The molecule has 5 rings (SSSR count). The molecule has 162 valence electrons. The summed E-state index contributed by atoms with van der Waals surface area (Å²) in [5.74, 6) is 0.690. The molecule has 1 atom stereocenters. The molecule has 2 aliphatic rings. The molecule has 0 spiro atoms. The zero-order chi connectivity index (χ0) is 22.2. The SMILES string of the molecule is O=C1CCCC2=C1[C@@H](c1ccc(O)cc1)c1c(nc(SCc3ccccc3Cl)[nH]c1=O)N2. The standard InChI is InChI=1S/C24H20ClN3O3S/c25-16-5-2-1-4-14(16)12-32-24-27-22-21(23(31)28-24)19(13-8-10-15(29)11-9-13)20-17(26-22)6-3-7-18(20)30/h1-2,4-5,8-11,19,29H,3,6-7,12H2,(H2,26,27,28,31)/t19-/m1/s1. The van der Waals surface area contributed by atoms with Gasteiger partial charge in [-0.2, -0.15) is 0 Å². The number of anilines is 1. The second-order valence-corrected chi connectivity index (χ2v) is 9.20. The van der Waals surface area contributed by atoms with Gasteiger partial charge in [0.15, 0.2) is 10.9 Å². The number of carbonyl (C=O) groups excluding carboxylic acids is 1. The van der Waals surface area contributed by atoms with E-state index < -0.39 is 5.92 Å². The zero-order valence-electron chi connectivity index (χ0n) is 17.0. The molecule has 2 heterocycles. The third kappa shape index (κ3) is 3.82. The second kappa shape index (κ2) is 8.48. The predicted octanol–water partition coefficient (Wildman–Crippen LogP) is 4.99. The minimum absolute atomic E-state index is 0.0408. The summed E-state index contributed by atoms with van der Waals surface area (Å²) in [6.07, 6.45) is 1.95. The van der Waals surface area contributed by atoms with Gasteiger partial charge in [0, 0.05) is 34.4 Å². The third-order valence-electron chi connectivity index (χ3n) is 5.78. The Balaban J connectivity index is 1.56. The number of Topliss-reactive ketones (excluding diaryl/α,β-unsaturated/α-hetero) is 1. The van der Waals surface area contributed by atoms with Crippen molar-refractivity contribution in [2.45, 2.75) is 36.1 Å². The van der Waals surface area contributed by atoms with Crippen molar-refractivity contribution in [3.8, 4) is 5.75 Å². The Morgan fingerprint density at radius 3 is 2.66 bits per heavy atom. The van der Waals surface area contributed by atoms with Crippen LogP contribution in [0.3, 0.4) is 0 Å². The first-order chi connectivity index (χ1) is 15.5. The number of hydrogen-bond donors (Lipinski definition) is 3. The van der Waals surface area contributed by atoms with Crippen molar-refractivity contribution in [1.82, 2.24) is 9.97 Å². The number of aromatic nitrogens is 2. The molecule has 1 aliphatic carbocycles. The maximum atomic E-state index is 13.2. The molecule has 32 heavy (non-hydrogen) atoms.